The molecule has 0 aliphatic carbocycles. The molecule has 0 N–H and O–H groups in total. The highest BCUT2D eigenvalue weighted by Gasteiger charge is 2.38. The Morgan fingerprint density at radius 2 is 1.32 bits per heavy atom. The van der Waals surface area contributed by atoms with Crippen LogP contribution in [-0.4, -0.2) is 0 Å². The third-order valence-electron chi connectivity index (χ3n) is 4.60. The Labute approximate surface area is 158 Å². The van der Waals surface area contributed by atoms with Crippen LogP contribution >= 0.6 is 23.4 Å². The van der Waals surface area contributed by atoms with Gasteiger partial charge in [-0.3, -0.25) is 0 Å². The Balaban J connectivity index is 1.79. The van der Waals surface area contributed by atoms with E-state index in [1.807, 2.05) is 6.07 Å². The van der Waals surface area contributed by atoms with Gasteiger partial charge in [-0.15, -0.1) is 11.6 Å². The highest BCUT2D eigenvalue weighted by atomic mass is 35.5. The van der Waals surface area contributed by atoms with Crippen LogP contribution in [0.4, 0.5) is 0 Å². The number of allylic oxidation sites excluding steroid dienone is 1. The Kier molecular flexibility index (Phi) is 4.70. The number of benzene rings is 3. The molecule has 0 spiro atoms. The van der Waals surface area contributed by atoms with Crippen LogP contribution < -0.4 is 0 Å². The van der Waals surface area contributed by atoms with Gasteiger partial charge in [-0.1, -0.05) is 109 Å². The molecule has 2 heteroatoms. The van der Waals surface area contributed by atoms with E-state index < -0.39 is 4.21 Å². The van der Waals surface area contributed by atoms with Crippen molar-refractivity contribution in [2.45, 2.75) is 16.5 Å². The second-order valence-corrected chi connectivity index (χ2v) is 8.52. The minimum atomic E-state index is -0.457. The van der Waals surface area contributed by atoms with Crippen molar-refractivity contribution in [3.05, 3.63) is 114 Å². The van der Waals surface area contributed by atoms with Crippen LogP contribution in [0.1, 0.15) is 29.0 Å². The molecule has 0 amide bonds. The fraction of sp³-hybridized carbons (Fsp3) is 0.130. The second-order valence-electron chi connectivity index (χ2n) is 6.31. The van der Waals surface area contributed by atoms with Gasteiger partial charge in [-0.2, -0.15) is 0 Å². The van der Waals surface area contributed by atoms with Crippen LogP contribution in [0.3, 0.4) is 0 Å². The zero-order valence-corrected chi connectivity index (χ0v) is 15.4. The third kappa shape index (κ3) is 3.53. The van der Waals surface area contributed by atoms with E-state index in [2.05, 4.69) is 91.0 Å². The first-order valence-corrected chi connectivity index (χ1v) is 9.70. The van der Waals surface area contributed by atoms with Gasteiger partial charge in [0.2, 0.25) is 0 Å². The molecule has 0 saturated carbocycles. The van der Waals surface area contributed by atoms with Crippen molar-refractivity contribution in [1.82, 2.24) is 0 Å². The number of halogens is 1. The molecule has 0 fully saturated rings. The lowest BCUT2D eigenvalue weighted by atomic mass is 9.90. The van der Waals surface area contributed by atoms with Crippen molar-refractivity contribution in [3.8, 4) is 0 Å². The molecule has 124 valence electrons. The molecule has 0 saturated heterocycles. The van der Waals surface area contributed by atoms with Gasteiger partial charge in [0.1, 0.15) is 4.21 Å². The number of thioether (sulfide) groups is 1. The summed E-state index contributed by atoms with van der Waals surface area (Å²) in [6.45, 7) is 0. The van der Waals surface area contributed by atoms with E-state index in [0.29, 0.717) is 5.92 Å². The summed E-state index contributed by atoms with van der Waals surface area (Å²) in [4.78, 5) is 1.25. The molecular weight excluding hydrogens is 344 g/mol. The Hall–Kier alpha value is -1.96. The molecule has 0 bridgehead atoms. The maximum absolute atomic E-state index is 7.21. The van der Waals surface area contributed by atoms with Gasteiger partial charge in [0.05, 0.1) is 0 Å². The Morgan fingerprint density at radius 3 is 1.96 bits per heavy atom. The second kappa shape index (κ2) is 7.11. The molecule has 3 aromatic carbocycles. The predicted molar refractivity (Wildman–Crippen MR) is 110 cm³/mol. The highest BCUT2D eigenvalue weighted by molar-refractivity contribution is 8.10. The zero-order valence-electron chi connectivity index (χ0n) is 13.8. The van der Waals surface area contributed by atoms with Gasteiger partial charge in [0.15, 0.2) is 0 Å². The summed E-state index contributed by atoms with van der Waals surface area (Å²) >= 11 is 8.98. The van der Waals surface area contributed by atoms with E-state index in [0.717, 1.165) is 6.42 Å². The van der Waals surface area contributed by atoms with E-state index in [1.165, 1.54) is 21.6 Å². The van der Waals surface area contributed by atoms with Crippen LogP contribution in [0.2, 0.25) is 0 Å². The van der Waals surface area contributed by atoms with E-state index >= 15 is 0 Å². The van der Waals surface area contributed by atoms with Crippen molar-refractivity contribution < 1.29 is 0 Å². The molecule has 2 atom stereocenters. The summed E-state index contributed by atoms with van der Waals surface area (Å²) in [5, 5.41) is 0. The number of rotatable bonds is 3. The van der Waals surface area contributed by atoms with Crippen molar-refractivity contribution in [2.24, 2.45) is 0 Å². The largest absolute Gasteiger partial charge is 0.120 e. The van der Waals surface area contributed by atoms with Crippen LogP contribution in [-0.2, 0) is 4.21 Å². The molecule has 1 heterocycles. The summed E-state index contributed by atoms with van der Waals surface area (Å²) in [5.74, 6) is 0.301. The number of alkyl halides is 1. The molecule has 25 heavy (non-hydrogen) atoms. The standard InChI is InChI=1S/C23H19ClS/c24-23(21-14-8-3-9-15-21)17-20(18-10-4-1-5-11-18)16-22(25-23)19-12-6-2-7-13-19/h1-16,20H,17H2. The lowest BCUT2D eigenvalue weighted by Crippen LogP contribution is -2.21. The van der Waals surface area contributed by atoms with Crippen LogP contribution in [0.15, 0.2) is 97.1 Å². The molecule has 1 aliphatic rings. The van der Waals surface area contributed by atoms with E-state index in [1.54, 1.807) is 11.8 Å². The highest BCUT2D eigenvalue weighted by Crippen LogP contribution is 2.57. The van der Waals surface area contributed by atoms with Crippen molar-refractivity contribution >= 4 is 28.3 Å². The average molecular weight is 363 g/mol. The van der Waals surface area contributed by atoms with E-state index in [-0.39, 0.29) is 0 Å². The smallest absolute Gasteiger partial charge is 0.102 e. The normalized spacial score (nSPS) is 23.1. The lowest BCUT2D eigenvalue weighted by Gasteiger charge is -2.36. The first-order valence-electron chi connectivity index (χ1n) is 8.50. The van der Waals surface area contributed by atoms with Crippen LogP contribution in [0.5, 0.6) is 0 Å². The first kappa shape index (κ1) is 16.5. The number of hydrogen-bond acceptors (Lipinski definition) is 1. The summed E-state index contributed by atoms with van der Waals surface area (Å²) in [5.41, 5.74) is 3.72. The molecule has 0 aromatic heterocycles. The molecule has 3 aromatic rings. The van der Waals surface area contributed by atoms with E-state index in [4.69, 9.17) is 11.6 Å². The third-order valence-corrected chi connectivity index (χ3v) is 6.52. The molecule has 0 nitrogen and oxygen atoms in total. The van der Waals surface area contributed by atoms with Crippen molar-refractivity contribution in [2.75, 3.05) is 0 Å². The van der Waals surface area contributed by atoms with Crippen LogP contribution in [0, 0.1) is 0 Å². The lowest BCUT2D eigenvalue weighted by molar-refractivity contribution is 0.675. The minimum Gasteiger partial charge on any atom is -0.102 e. The fourth-order valence-electron chi connectivity index (χ4n) is 3.31. The fourth-order valence-corrected chi connectivity index (χ4v) is 5.20. The van der Waals surface area contributed by atoms with Gasteiger partial charge in [0, 0.05) is 10.8 Å². The van der Waals surface area contributed by atoms with Gasteiger partial charge in [0.25, 0.3) is 0 Å². The topological polar surface area (TPSA) is 0 Å². The molecule has 2 unspecified atom stereocenters. The van der Waals surface area contributed by atoms with Gasteiger partial charge in [-0.05, 0) is 23.1 Å². The molecule has 4 rings (SSSR count). The predicted octanol–water partition coefficient (Wildman–Crippen LogP) is 7.04. The monoisotopic (exact) mass is 362 g/mol. The SMILES string of the molecule is ClC1(c2ccccc2)CC(c2ccccc2)C=C(c2ccccc2)S1. The van der Waals surface area contributed by atoms with Crippen molar-refractivity contribution in [1.29, 1.82) is 0 Å². The van der Waals surface area contributed by atoms with Crippen molar-refractivity contribution in [3.63, 3.8) is 0 Å². The summed E-state index contributed by atoms with van der Waals surface area (Å²) in [6, 6.07) is 31.7. The number of hydrogen-bond donors (Lipinski definition) is 0. The summed E-state index contributed by atoms with van der Waals surface area (Å²) in [6.07, 6.45) is 3.25. The minimum absolute atomic E-state index is 0.301. The van der Waals surface area contributed by atoms with E-state index in [9.17, 15) is 0 Å². The van der Waals surface area contributed by atoms with Gasteiger partial charge >= 0.3 is 0 Å². The summed E-state index contributed by atoms with van der Waals surface area (Å²) < 4.78 is -0.457. The van der Waals surface area contributed by atoms with Crippen LogP contribution in [0.25, 0.3) is 4.91 Å². The maximum Gasteiger partial charge on any atom is 0.120 e. The maximum atomic E-state index is 7.21. The summed E-state index contributed by atoms with van der Waals surface area (Å²) in [7, 11) is 0. The quantitative estimate of drug-likeness (QED) is 0.450. The Bertz CT molecular complexity index is 858. The van der Waals surface area contributed by atoms with Gasteiger partial charge in [-0.25, -0.2) is 0 Å². The Morgan fingerprint density at radius 1 is 0.760 bits per heavy atom. The van der Waals surface area contributed by atoms with Gasteiger partial charge < -0.3 is 0 Å². The molecular formula is C23H19ClS. The molecule has 1 aliphatic heterocycles. The zero-order chi connectivity index (χ0) is 17.1. The average Bonchev–Trinajstić information content (AvgIpc) is 2.70. The molecule has 0 radical (unpaired) electrons. The first-order chi connectivity index (χ1) is 12.2.